The number of nitrogens with one attached hydrogen (secondary N) is 1. The summed E-state index contributed by atoms with van der Waals surface area (Å²) in [4.78, 5) is 8.90. The minimum atomic E-state index is 0.666. The number of nitrogens with zero attached hydrogens (tertiary/aromatic N) is 3. The van der Waals surface area contributed by atoms with Gasteiger partial charge >= 0.3 is 0 Å². The Morgan fingerprint density at radius 3 is 2.40 bits per heavy atom. The zero-order valence-corrected chi connectivity index (χ0v) is 14.5. The van der Waals surface area contributed by atoms with E-state index >= 15 is 0 Å². The number of hydrogen-bond acceptors (Lipinski definition) is 5. The molecule has 0 aliphatic heterocycles. The highest BCUT2D eigenvalue weighted by Gasteiger charge is 2.04. The highest BCUT2D eigenvalue weighted by atomic mass is 16.5. The number of ether oxygens (including phenoxy) is 1. The lowest BCUT2D eigenvalue weighted by molar-refractivity contribution is 0.415. The van der Waals surface area contributed by atoms with Crippen LogP contribution in [0, 0.1) is 6.92 Å². The number of aryl methyl sites for hydroxylation is 1. The van der Waals surface area contributed by atoms with E-state index in [0.717, 1.165) is 28.3 Å². The number of rotatable bonds is 5. The van der Waals surface area contributed by atoms with Crippen molar-refractivity contribution in [1.82, 2.24) is 9.97 Å². The van der Waals surface area contributed by atoms with Gasteiger partial charge in [0.25, 0.3) is 0 Å². The van der Waals surface area contributed by atoms with Gasteiger partial charge in [0, 0.05) is 11.6 Å². The van der Waals surface area contributed by atoms with Gasteiger partial charge in [0.1, 0.15) is 17.4 Å². The zero-order chi connectivity index (χ0) is 17.6. The number of methoxy groups -OCH3 is 1. The summed E-state index contributed by atoms with van der Waals surface area (Å²) in [7, 11) is 1.65. The lowest BCUT2D eigenvalue weighted by atomic mass is 10.1. The average molecular weight is 332 g/mol. The van der Waals surface area contributed by atoms with Crippen LogP contribution in [0.4, 0.5) is 5.82 Å². The van der Waals surface area contributed by atoms with Crippen LogP contribution >= 0.6 is 0 Å². The second-order valence-electron chi connectivity index (χ2n) is 5.59. The summed E-state index contributed by atoms with van der Waals surface area (Å²) >= 11 is 0. The fourth-order valence-corrected chi connectivity index (χ4v) is 2.42. The summed E-state index contributed by atoms with van der Waals surface area (Å²) in [6.45, 7) is 3.82. The lowest BCUT2D eigenvalue weighted by Gasteiger charge is -2.07. The number of anilines is 1. The third-order valence-corrected chi connectivity index (χ3v) is 3.75. The average Bonchev–Trinajstić information content (AvgIpc) is 2.66. The van der Waals surface area contributed by atoms with Gasteiger partial charge in [-0.1, -0.05) is 30.3 Å². The van der Waals surface area contributed by atoms with Crippen LogP contribution in [0.25, 0.3) is 11.3 Å². The Morgan fingerprint density at radius 2 is 1.72 bits per heavy atom. The van der Waals surface area contributed by atoms with Gasteiger partial charge in [-0.2, -0.15) is 5.10 Å². The first-order chi connectivity index (χ1) is 12.2. The van der Waals surface area contributed by atoms with Gasteiger partial charge in [0.2, 0.25) is 0 Å². The Bertz CT molecular complexity index is 874. The normalized spacial score (nSPS) is 11.2. The maximum absolute atomic E-state index is 5.17. The van der Waals surface area contributed by atoms with Gasteiger partial charge in [-0.15, -0.1) is 0 Å². The van der Waals surface area contributed by atoms with E-state index in [-0.39, 0.29) is 0 Å². The molecule has 1 aromatic heterocycles. The molecule has 5 heteroatoms. The molecule has 1 heterocycles. The van der Waals surface area contributed by atoms with Crippen molar-refractivity contribution >= 4 is 11.5 Å². The first kappa shape index (κ1) is 16.6. The van der Waals surface area contributed by atoms with Crippen molar-refractivity contribution in [2.45, 2.75) is 13.8 Å². The summed E-state index contributed by atoms with van der Waals surface area (Å²) < 4.78 is 5.17. The van der Waals surface area contributed by atoms with Crippen molar-refractivity contribution < 1.29 is 4.74 Å². The van der Waals surface area contributed by atoms with Crippen LogP contribution in [0.15, 0.2) is 65.8 Å². The van der Waals surface area contributed by atoms with E-state index in [4.69, 9.17) is 4.74 Å². The standard InChI is InChI=1S/C20H20N4O/c1-14(16-9-11-18(25-3)12-10-16)23-24-20-13-19(21-15(2)22-20)17-7-5-4-6-8-17/h4-13H,1-3H3,(H,21,22,24)/b23-14+. The number of benzene rings is 2. The molecule has 0 bridgehead atoms. The third kappa shape index (κ3) is 4.20. The van der Waals surface area contributed by atoms with Crippen LogP contribution < -0.4 is 10.2 Å². The maximum atomic E-state index is 5.17. The van der Waals surface area contributed by atoms with Crippen molar-refractivity contribution in [2.24, 2.45) is 5.10 Å². The molecule has 0 amide bonds. The van der Waals surface area contributed by atoms with Crippen LogP contribution in [0.3, 0.4) is 0 Å². The Labute approximate surface area is 147 Å². The first-order valence-electron chi connectivity index (χ1n) is 8.01. The highest BCUT2D eigenvalue weighted by Crippen LogP contribution is 2.19. The molecule has 0 unspecified atom stereocenters. The van der Waals surface area contributed by atoms with Crippen molar-refractivity contribution in [3.8, 4) is 17.0 Å². The van der Waals surface area contributed by atoms with Gasteiger partial charge in [-0.25, -0.2) is 9.97 Å². The van der Waals surface area contributed by atoms with Crippen molar-refractivity contribution in [1.29, 1.82) is 0 Å². The van der Waals surface area contributed by atoms with Crippen LogP contribution in [0.2, 0.25) is 0 Å². The Morgan fingerprint density at radius 1 is 1.00 bits per heavy atom. The number of hydrazone groups is 1. The van der Waals surface area contributed by atoms with E-state index < -0.39 is 0 Å². The molecule has 0 aliphatic carbocycles. The highest BCUT2D eigenvalue weighted by molar-refractivity contribution is 5.99. The summed E-state index contributed by atoms with van der Waals surface area (Å²) in [5, 5.41) is 4.43. The molecule has 1 N–H and O–H groups in total. The first-order valence-corrected chi connectivity index (χ1v) is 8.01. The molecular formula is C20H20N4O. The van der Waals surface area contributed by atoms with E-state index in [2.05, 4.69) is 20.5 Å². The summed E-state index contributed by atoms with van der Waals surface area (Å²) in [6, 6.07) is 19.7. The third-order valence-electron chi connectivity index (χ3n) is 3.75. The SMILES string of the molecule is COc1ccc(/C(C)=N/Nc2cc(-c3ccccc3)nc(C)n2)cc1. The molecule has 0 atom stereocenters. The monoisotopic (exact) mass is 332 g/mol. The van der Waals surface area contributed by atoms with Gasteiger partial charge in [0.15, 0.2) is 0 Å². The lowest BCUT2D eigenvalue weighted by Crippen LogP contribution is -2.03. The van der Waals surface area contributed by atoms with E-state index in [1.165, 1.54) is 0 Å². The topological polar surface area (TPSA) is 59.4 Å². The molecule has 0 fully saturated rings. The summed E-state index contributed by atoms with van der Waals surface area (Å²) in [6.07, 6.45) is 0. The molecule has 25 heavy (non-hydrogen) atoms. The van der Waals surface area contributed by atoms with E-state index in [0.29, 0.717) is 11.6 Å². The molecule has 0 saturated carbocycles. The Kier molecular flexibility index (Phi) is 5.04. The fraction of sp³-hybridized carbons (Fsp3) is 0.150. The van der Waals surface area contributed by atoms with E-state index in [1.54, 1.807) is 7.11 Å². The van der Waals surface area contributed by atoms with Crippen LogP contribution in [0.5, 0.6) is 5.75 Å². The van der Waals surface area contributed by atoms with Crippen LogP contribution in [-0.4, -0.2) is 22.8 Å². The molecule has 0 aliphatic rings. The largest absolute Gasteiger partial charge is 0.497 e. The summed E-state index contributed by atoms with van der Waals surface area (Å²) in [5.41, 5.74) is 6.82. The Balaban J connectivity index is 1.81. The second-order valence-corrected chi connectivity index (χ2v) is 5.59. The van der Waals surface area contributed by atoms with E-state index in [9.17, 15) is 0 Å². The summed E-state index contributed by atoms with van der Waals surface area (Å²) in [5.74, 6) is 2.18. The van der Waals surface area contributed by atoms with Gasteiger partial charge < -0.3 is 4.74 Å². The minimum Gasteiger partial charge on any atom is -0.497 e. The predicted molar refractivity (Wildman–Crippen MR) is 101 cm³/mol. The van der Waals surface area contributed by atoms with Crippen molar-refractivity contribution in [3.63, 3.8) is 0 Å². The smallest absolute Gasteiger partial charge is 0.150 e. The predicted octanol–water partition coefficient (Wildman–Crippen LogP) is 4.30. The quantitative estimate of drug-likeness (QED) is 0.559. The molecule has 2 aromatic carbocycles. The molecule has 126 valence electrons. The molecule has 0 radical (unpaired) electrons. The number of hydrogen-bond donors (Lipinski definition) is 1. The van der Waals surface area contributed by atoms with Crippen molar-refractivity contribution in [3.05, 3.63) is 72.1 Å². The van der Waals surface area contributed by atoms with Crippen LogP contribution in [0.1, 0.15) is 18.3 Å². The molecule has 3 aromatic rings. The molecule has 5 nitrogen and oxygen atoms in total. The van der Waals surface area contributed by atoms with Gasteiger partial charge in [-0.05, 0) is 43.7 Å². The minimum absolute atomic E-state index is 0.666. The molecular weight excluding hydrogens is 312 g/mol. The maximum Gasteiger partial charge on any atom is 0.150 e. The van der Waals surface area contributed by atoms with Gasteiger partial charge in [0.05, 0.1) is 18.5 Å². The van der Waals surface area contributed by atoms with E-state index in [1.807, 2.05) is 74.5 Å². The zero-order valence-electron chi connectivity index (χ0n) is 14.5. The second kappa shape index (κ2) is 7.57. The van der Waals surface area contributed by atoms with Crippen molar-refractivity contribution in [2.75, 3.05) is 12.5 Å². The Hall–Kier alpha value is -3.21. The molecule has 3 rings (SSSR count). The van der Waals surface area contributed by atoms with Crippen LogP contribution in [-0.2, 0) is 0 Å². The molecule has 0 saturated heterocycles. The fourth-order valence-electron chi connectivity index (χ4n) is 2.42. The number of aromatic nitrogens is 2. The molecule has 0 spiro atoms. The van der Waals surface area contributed by atoms with Gasteiger partial charge in [-0.3, -0.25) is 5.43 Å².